The van der Waals surface area contributed by atoms with Crippen LogP contribution >= 0.6 is 15.9 Å². The SMILES string of the molecule is O=Cc1ccc(C(=O)c2cn(Cc3cccc(Br)n3)c3ccccc3c2=O)cc1. The molecule has 0 unspecified atom stereocenters. The first-order valence-electron chi connectivity index (χ1n) is 8.90. The van der Waals surface area contributed by atoms with E-state index in [-0.39, 0.29) is 16.8 Å². The second kappa shape index (κ2) is 7.93. The summed E-state index contributed by atoms with van der Waals surface area (Å²) in [6, 6.07) is 19.0. The van der Waals surface area contributed by atoms with Crippen LogP contribution in [-0.2, 0) is 6.54 Å². The average molecular weight is 447 g/mol. The Bertz CT molecular complexity index is 1290. The number of hydrogen-bond donors (Lipinski definition) is 0. The normalized spacial score (nSPS) is 10.8. The van der Waals surface area contributed by atoms with Crippen molar-refractivity contribution in [2.45, 2.75) is 6.54 Å². The molecule has 0 N–H and O–H groups in total. The molecule has 0 atom stereocenters. The molecule has 6 heteroatoms. The van der Waals surface area contributed by atoms with Crippen molar-refractivity contribution < 1.29 is 9.59 Å². The minimum absolute atomic E-state index is 0.0811. The Balaban J connectivity index is 1.85. The highest BCUT2D eigenvalue weighted by Gasteiger charge is 2.17. The lowest BCUT2D eigenvalue weighted by Gasteiger charge is -2.13. The number of aromatic nitrogens is 2. The lowest BCUT2D eigenvalue weighted by molar-refractivity contribution is 0.103. The van der Waals surface area contributed by atoms with E-state index in [0.717, 1.165) is 11.2 Å². The second-order valence-electron chi connectivity index (χ2n) is 6.54. The minimum Gasteiger partial charge on any atom is -0.340 e. The standard InChI is InChI=1S/C23H15BrN2O3/c24-21-7-3-4-17(25-21)12-26-13-19(23(29)18-5-1-2-6-20(18)26)22(28)16-10-8-15(14-27)9-11-16/h1-11,13-14H,12H2. The fraction of sp³-hybridized carbons (Fsp3) is 0.0435. The Labute approximate surface area is 174 Å². The lowest BCUT2D eigenvalue weighted by Crippen LogP contribution is -2.20. The Morgan fingerprint density at radius 3 is 2.48 bits per heavy atom. The van der Waals surface area contributed by atoms with Crippen LogP contribution in [0.5, 0.6) is 0 Å². The Hall–Kier alpha value is -3.38. The number of carbonyl (C=O) groups is 2. The highest BCUT2D eigenvalue weighted by molar-refractivity contribution is 9.10. The highest BCUT2D eigenvalue weighted by Crippen LogP contribution is 2.17. The average Bonchev–Trinajstić information content (AvgIpc) is 2.75. The van der Waals surface area contributed by atoms with Crippen molar-refractivity contribution in [2.24, 2.45) is 0 Å². The maximum absolute atomic E-state index is 13.0. The number of fused-ring (bicyclic) bond motifs is 1. The van der Waals surface area contributed by atoms with E-state index in [2.05, 4.69) is 20.9 Å². The number of halogens is 1. The highest BCUT2D eigenvalue weighted by atomic mass is 79.9. The number of para-hydroxylation sites is 1. The summed E-state index contributed by atoms with van der Waals surface area (Å²) in [6.07, 6.45) is 2.30. The molecule has 2 aromatic carbocycles. The fourth-order valence-electron chi connectivity index (χ4n) is 3.22. The molecule has 0 fully saturated rings. The molecule has 0 amide bonds. The zero-order chi connectivity index (χ0) is 20.4. The van der Waals surface area contributed by atoms with E-state index < -0.39 is 0 Å². The molecule has 0 spiro atoms. The topological polar surface area (TPSA) is 69.0 Å². The number of ketones is 1. The van der Waals surface area contributed by atoms with E-state index in [4.69, 9.17) is 0 Å². The molecule has 0 aliphatic heterocycles. The summed E-state index contributed by atoms with van der Waals surface area (Å²) in [5.74, 6) is -0.380. The smallest absolute Gasteiger partial charge is 0.200 e. The van der Waals surface area contributed by atoms with Crippen molar-refractivity contribution in [1.29, 1.82) is 0 Å². The zero-order valence-electron chi connectivity index (χ0n) is 15.2. The summed E-state index contributed by atoms with van der Waals surface area (Å²) in [7, 11) is 0. The Morgan fingerprint density at radius 1 is 1.00 bits per heavy atom. The molecule has 0 aliphatic rings. The maximum Gasteiger partial charge on any atom is 0.200 e. The van der Waals surface area contributed by atoms with Crippen LogP contribution in [0.2, 0.25) is 0 Å². The summed E-state index contributed by atoms with van der Waals surface area (Å²) in [6.45, 7) is 0.407. The van der Waals surface area contributed by atoms with Crippen molar-refractivity contribution in [2.75, 3.05) is 0 Å². The van der Waals surface area contributed by atoms with Gasteiger partial charge in [-0.05, 0) is 40.2 Å². The monoisotopic (exact) mass is 446 g/mol. The van der Waals surface area contributed by atoms with E-state index in [9.17, 15) is 14.4 Å². The van der Waals surface area contributed by atoms with E-state index in [1.807, 2.05) is 34.9 Å². The number of carbonyl (C=O) groups excluding carboxylic acids is 2. The molecular weight excluding hydrogens is 432 g/mol. The van der Waals surface area contributed by atoms with Crippen LogP contribution in [0.4, 0.5) is 0 Å². The van der Waals surface area contributed by atoms with Gasteiger partial charge in [0, 0.05) is 22.7 Å². The van der Waals surface area contributed by atoms with E-state index in [1.54, 1.807) is 42.6 Å². The minimum atomic E-state index is -0.380. The van der Waals surface area contributed by atoms with Gasteiger partial charge in [-0.2, -0.15) is 0 Å². The predicted molar refractivity (Wildman–Crippen MR) is 115 cm³/mol. The van der Waals surface area contributed by atoms with Gasteiger partial charge >= 0.3 is 0 Å². The van der Waals surface area contributed by atoms with Gasteiger partial charge in [0.25, 0.3) is 0 Å². The van der Waals surface area contributed by atoms with Crippen LogP contribution in [0.3, 0.4) is 0 Å². The van der Waals surface area contributed by atoms with Crippen LogP contribution in [0.15, 0.2) is 82.3 Å². The number of nitrogens with zero attached hydrogens (tertiary/aromatic N) is 2. The summed E-state index contributed by atoms with van der Waals surface area (Å²) in [5.41, 5.74) is 2.11. The van der Waals surface area contributed by atoms with Crippen LogP contribution in [0.1, 0.15) is 32.0 Å². The molecule has 4 aromatic rings. The van der Waals surface area contributed by atoms with Crippen LogP contribution < -0.4 is 5.43 Å². The molecule has 2 heterocycles. The van der Waals surface area contributed by atoms with E-state index >= 15 is 0 Å². The molecule has 142 valence electrons. The summed E-state index contributed by atoms with van der Waals surface area (Å²) < 4.78 is 2.57. The molecule has 0 saturated carbocycles. The molecule has 0 saturated heterocycles. The molecule has 29 heavy (non-hydrogen) atoms. The van der Waals surface area contributed by atoms with Crippen molar-refractivity contribution in [3.05, 3.63) is 110 Å². The number of pyridine rings is 2. The molecule has 0 bridgehead atoms. The molecule has 4 rings (SSSR count). The summed E-state index contributed by atoms with van der Waals surface area (Å²) in [4.78, 5) is 41.4. The van der Waals surface area contributed by atoms with Gasteiger partial charge in [0.1, 0.15) is 10.9 Å². The number of aldehydes is 1. The third-order valence-electron chi connectivity index (χ3n) is 4.65. The Morgan fingerprint density at radius 2 is 1.76 bits per heavy atom. The molecule has 5 nitrogen and oxygen atoms in total. The maximum atomic E-state index is 13.0. The third-order valence-corrected chi connectivity index (χ3v) is 5.09. The van der Waals surface area contributed by atoms with E-state index in [1.165, 1.54) is 0 Å². The first kappa shape index (κ1) is 19.0. The van der Waals surface area contributed by atoms with Crippen molar-refractivity contribution in [3.8, 4) is 0 Å². The van der Waals surface area contributed by atoms with E-state index in [0.29, 0.717) is 33.9 Å². The first-order valence-corrected chi connectivity index (χ1v) is 9.69. The quantitative estimate of drug-likeness (QED) is 0.261. The molecule has 0 aliphatic carbocycles. The van der Waals surface area contributed by atoms with Gasteiger partial charge in [-0.25, -0.2) is 4.98 Å². The summed E-state index contributed by atoms with van der Waals surface area (Å²) >= 11 is 3.37. The van der Waals surface area contributed by atoms with Gasteiger partial charge in [0.05, 0.1) is 23.3 Å². The van der Waals surface area contributed by atoms with Gasteiger partial charge in [-0.1, -0.05) is 42.5 Å². The van der Waals surface area contributed by atoms with Gasteiger partial charge in [0.2, 0.25) is 5.43 Å². The van der Waals surface area contributed by atoms with Gasteiger partial charge < -0.3 is 4.57 Å². The van der Waals surface area contributed by atoms with Crippen LogP contribution in [0.25, 0.3) is 10.9 Å². The molecule has 0 radical (unpaired) electrons. The molecule has 2 aromatic heterocycles. The predicted octanol–water partition coefficient (Wildman–Crippen LogP) is 4.25. The fourth-order valence-corrected chi connectivity index (χ4v) is 3.60. The largest absolute Gasteiger partial charge is 0.340 e. The number of hydrogen-bond acceptors (Lipinski definition) is 4. The summed E-state index contributed by atoms with van der Waals surface area (Å²) in [5, 5.41) is 0.470. The van der Waals surface area contributed by atoms with Gasteiger partial charge in [-0.3, -0.25) is 14.4 Å². The van der Waals surface area contributed by atoms with Crippen molar-refractivity contribution in [3.63, 3.8) is 0 Å². The third kappa shape index (κ3) is 3.79. The number of benzene rings is 2. The second-order valence-corrected chi connectivity index (χ2v) is 7.35. The van der Waals surface area contributed by atoms with Crippen LogP contribution in [-0.4, -0.2) is 21.6 Å². The first-order chi connectivity index (χ1) is 14.1. The van der Waals surface area contributed by atoms with Gasteiger partial charge in [0.15, 0.2) is 5.78 Å². The Kier molecular flexibility index (Phi) is 5.18. The van der Waals surface area contributed by atoms with Crippen molar-refractivity contribution >= 4 is 38.9 Å². The molecular formula is C23H15BrN2O3. The van der Waals surface area contributed by atoms with Crippen molar-refractivity contribution in [1.82, 2.24) is 9.55 Å². The van der Waals surface area contributed by atoms with Gasteiger partial charge in [-0.15, -0.1) is 0 Å². The van der Waals surface area contributed by atoms with Crippen LogP contribution in [0, 0.1) is 0 Å². The lowest BCUT2D eigenvalue weighted by atomic mass is 10.0. The zero-order valence-corrected chi connectivity index (χ0v) is 16.8. The number of rotatable bonds is 5.